The van der Waals surface area contributed by atoms with E-state index in [1.165, 1.54) is 17.2 Å². The van der Waals surface area contributed by atoms with Gasteiger partial charge in [-0.3, -0.25) is 4.79 Å². The fourth-order valence-corrected chi connectivity index (χ4v) is 3.00. The van der Waals surface area contributed by atoms with Crippen LogP contribution in [0.15, 0.2) is 47.4 Å². The van der Waals surface area contributed by atoms with Crippen molar-refractivity contribution in [2.45, 2.75) is 13.0 Å². The van der Waals surface area contributed by atoms with Crippen LogP contribution in [0.3, 0.4) is 0 Å². The van der Waals surface area contributed by atoms with Crippen LogP contribution in [0.2, 0.25) is 5.02 Å². The number of benzene rings is 2. The third-order valence-corrected chi connectivity index (χ3v) is 4.65. The van der Waals surface area contributed by atoms with E-state index in [1.54, 1.807) is 38.2 Å². The van der Waals surface area contributed by atoms with Gasteiger partial charge in [-0.25, -0.2) is 13.6 Å². The topological polar surface area (TPSA) is 65.2 Å². The molecule has 0 aliphatic heterocycles. The number of pyridine rings is 1. The summed E-state index contributed by atoms with van der Waals surface area (Å²) in [6, 6.07) is 8.01. The van der Waals surface area contributed by atoms with Crippen molar-refractivity contribution in [3.8, 4) is 0 Å². The first-order chi connectivity index (χ1) is 12.8. The van der Waals surface area contributed by atoms with Crippen molar-refractivity contribution in [3.05, 3.63) is 75.2 Å². The molecule has 3 aromatic rings. The zero-order valence-electron chi connectivity index (χ0n) is 14.5. The number of H-pyrrole nitrogens is 1. The lowest BCUT2D eigenvalue weighted by atomic mass is 10.0. The average Bonchev–Trinajstić information content (AvgIpc) is 2.63. The molecule has 1 atom stereocenters. The number of nitrogens with one attached hydrogen (secondary N) is 2. The highest BCUT2D eigenvalue weighted by atomic mass is 35.5. The summed E-state index contributed by atoms with van der Waals surface area (Å²) in [5, 5.41) is 3.06. The van der Waals surface area contributed by atoms with Gasteiger partial charge in [0.05, 0.1) is 11.4 Å². The maximum atomic E-state index is 14.1. The highest BCUT2D eigenvalue weighted by Crippen LogP contribution is 2.28. The van der Waals surface area contributed by atoms with Gasteiger partial charge in [0.1, 0.15) is 0 Å². The van der Waals surface area contributed by atoms with Crippen LogP contribution in [-0.2, 0) is 0 Å². The van der Waals surface area contributed by atoms with E-state index in [0.717, 1.165) is 6.07 Å². The molecule has 0 spiro atoms. The molecule has 27 heavy (non-hydrogen) atoms. The summed E-state index contributed by atoms with van der Waals surface area (Å²) >= 11 is 5.91. The van der Waals surface area contributed by atoms with E-state index in [2.05, 4.69) is 10.3 Å². The molecule has 0 aliphatic rings. The van der Waals surface area contributed by atoms with Crippen molar-refractivity contribution in [2.75, 3.05) is 12.4 Å². The Bertz CT molecular complexity index is 1080. The van der Waals surface area contributed by atoms with E-state index in [4.69, 9.17) is 11.6 Å². The number of carbonyl (C=O) groups excluding carboxylic acids is 1. The second-order valence-corrected chi connectivity index (χ2v) is 6.52. The molecule has 2 aromatic carbocycles. The van der Waals surface area contributed by atoms with Crippen molar-refractivity contribution in [3.63, 3.8) is 0 Å². The highest BCUT2D eigenvalue weighted by molar-refractivity contribution is 6.30. The van der Waals surface area contributed by atoms with E-state index in [1.807, 2.05) is 0 Å². The van der Waals surface area contributed by atoms with Crippen molar-refractivity contribution in [1.29, 1.82) is 0 Å². The molecule has 2 N–H and O–H groups in total. The summed E-state index contributed by atoms with van der Waals surface area (Å²) in [6.07, 6.45) is 1.40. The second-order valence-electron chi connectivity index (χ2n) is 6.08. The smallest absolute Gasteiger partial charge is 0.322 e. The van der Waals surface area contributed by atoms with Crippen LogP contribution in [0.25, 0.3) is 10.8 Å². The quantitative estimate of drug-likeness (QED) is 0.680. The second kappa shape index (κ2) is 7.36. The van der Waals surface area contributed by atoms with Gasteiger partial charge in [-0.1, -0.05) is 23.7 Å². The molecular formula is C19H16ClF2N3O2. The molecule has 0 unspecified atom stereocenters. The predicted octanol–water partition coefficient (Wildman–Crippen LogP) is 4.68. The Labute approximate surface area is 158 Å². The number of carbonyl (C=O) groups is 1. The minimum absolute atomic E-state index is 0.243. The van der Waals surface area contributed by atoms with Gasteiger partial charge < -0.3 is 15.2 Å². The lowest BCUT2D eigenvalue weighted by molar-refractivity contribution is 0.208. The normalized spacial score (nSPS) is 12.0. The standard InChI is InChI=1S/C19H16ClF2N3O2/c1-10(25(2)19(27)24-12-5-3-4-11(20)8-12)14-9-23-18(26)16-13(14)6-7-15(21)17(16)22/h3-10H,1-2H3,(H,23,26)(H,24,27)/t10-/m0/s1. The summed E-state index contributed by atoms with van der Waals surface area (Å²) in [4.78, 5) is 28.3. The molecule has 8 heteroatoms. The lowest BCUT2D eigenvalue weighted by Crippen LogP contribution is -2.34. The van der Waals surface area contributed by atoms with E-state index < -0.39 is 29.3 Å². The summed E-state index contributed by atoms with van der Waals surface area (Å²) in [5.41, 5.74) is 0.266. The Morgan fingerprint density at radius 3 is 2.70 bits per heavy atom. The average molecular weight is 392 g/mol. The largest absolute Gasteiger partial charge is 0.328 e. The first-order valence-electron chi connectivity index (χ1n) is 8.08. The highest BCUT2D eigenvalue weighted by Gasteiger charge is 2.22. The molecule has 0 radical (unpaired) electrons. The number of nitrogens with zero attached hydrogens (tertiary/aromatic N) is 1. The Hall–Kier alpha value is -2.93. The van der Waals surface area contributed by atoms with Crippen molar-refractivity contribution in [2.24, 2.45) is 0 Å². The van der Waals surface area contributed by atoms with Gasteiger partial charge in [0.25, 0.3) is 5.56 Å². The molecule has 0 aliphatic carbocycles. The van der Waals surface area contributed by atoms with Gasteiger partial charge in [-0.05, 0) is 42.1 Å². The molecule has 0 saturated carbocycles. The summed E-state index contributed by atoms with van der Waals surface area (Å²) in [6.45, 7) is 1.71. The number of fused-ring (bicyclic) bond motifs is 1. The number of aromatic amines is 1. The number of urea groups is 1. The fourth-order valence-electron chi connectivity index (χ4n) is 2.81. The summed E-state index contributed by atoms with van der Waals surface area (Å²) in [7, 11) is 1.56. The summed E-state index contributed by atoms with van der Waals surface area (Å²) in [5.74, 6) is -2.32. The minimum Gasteiger partial charge on any atom is -0.328 e. The van der Waals surface area contributed by atoms with Crippen LogP contribution in [-0.4, -0.2) is 23.0 Å². The van der Waals surface area contributed by atoms with Crippen molar-refractivity contribution < 1.29 is 13.6 Å². The van der Waals surface area contributed by atoms with Crippen LogP contribution in [0, 0.1) is 11.6 Å². The molecule has 0 saturated heterocycles. The fraction of sp³-hybridized carbons (Fsp3) is 0.158. The number of aromatic nitrogens is 1. The van der Waals surface area contributed by atoms with Crippen LogP contribution >= 0.6 is 11.6 Å². The maximum Gasteiger partial charge on any atom is 0.322 e. The molecule has 3 rings (SSSR count). The van der Waals surface area contributed by atoms with E-state index >= 15 is 0 Å². The van der Waals surface area contributed by atoms with Gasteiger partial charge in [0, 0.05) is 24.0 Å². The van der Waals surface area contributed by atoms with Gasteiger partial charge in [0.15, 0.2) is 11.6 Å². The zero-order valence-corrected chi connectivity index (χ0v) is 15.3. The van der Waals surface area contributed by atoms with Gasteiger partial charge in [-0.2, -0.15) is 0 Å². The van der Waals surface area contributed by atoms with Crippen LogP contribution < -0.4 is 10.9 Å². The number of amides is 2. The number of anilines is 1. The molecule has 0 bridgehead atoms. The molecule has 2 amide bonds. The van der Waals surface area contributed by atoms with Gasteiger partial charge in [0.2, 0.25) is 0 Å². The monoisotopic (exact) mass is 391 g/mol. The van der Waals surface area contributed by atoms with E-state index in [9.17, 15) is 18.4 Å². The third kappa shape index (κ3) is 3.64. The third-order valence-electron chi connectivity index (χ3n) is 4.42. The van der Waals surface area contributed by atoms with E-state index in [-0.39, 0.29) is 10.8 Å². The van der Waals surface area contributed by atoms with Crippen LogP contribution in [0.1, 0.15) is 18.5 Å². The van der Waals surface area contributed by atoms with Gasteiger partial charge >= 0.3 is 6.03 Å². The molecule has 0 fully saturated rings. The van der Waals surface area contributed by atoms with Crippen molar-refractivity contribution in [1.82, 2.24) is 9.88 Å². The molecule has 1 aromatic heterocycles. The number of halogens is 3. The molecular weight excluding hydrogens is 376 g/mol. The Morgan fingerprint density at radius 1 is 1.26 bits per heavy atom. The van der Waals surface area contributed by atoms with Crippen molar-refractivity contribution >= 4 is 34.1 Å². The minimum atomic E-state index is -1.21. The number of rotatable bonds is 3. The van der Waals surface area contributed by atoms with Crippen LogP contribution in [0.4, 0.5) is 19.3 Å². The Balaban J connectivity index is 1.94. The Morgan fingerprint density at radius 2 is 2.00 bits per heavy atom. The molecule has 5 nitrogen and oxygen atoms in total. The van der Waals surface area contributed by atoms with Gasteiger partial charge in [-0.15, -0.1) is 0 Å². The first-order valence-corrected chi connectivity index (χ1v) is 8.46. The number of hydrogen-bond acceptors (Lipinski definition) is 2. The molecule has 1 heterocycles. The zero-order chi connectivity index (χ0) is 19.7. The lowest BCUT2D eigenvalue weighted by Gasteiger charge is -2.26. The molecule has 140 valence electrons. The SMILES string of the molecule is C[C@@H](c1c[nH]c(=O)c2c(F)c(F)ccc12)N(C)C(=O)Nc1cccc(Cl)c1. The van der Waals surface area contributed by atoms with Crippen LogP contribution in [0.5, 0.6) is 0 Å². The predicted molar refractivity (Wildman–Crippen MR) is 101 cm³/mol. The van der Waals surface area contributed by atoms with E-state index in [0.29, 0.717) is 16.3 Å². The number of hydrogen-bond donors (Lipinski definition) is 2. The Kier molecular flexibility index (Phi) is 5.14. The summed E-state index contributed by atoms with van der Waals surface area (Å²) < 4.78 is 27.6. The maximum absolute atomic E-state index is 14.1. The first kappa shape index (κ1) is 18.8.